The average Bonchev–Trinajstić information content (AvgIpc) is 3.24. The molecular weight excluding hydrogens is 330 g/mol. The van der Waals surface area contributed by atoms with Gasteiger partial charge in [-0.3, -0.25) is 0 Å². The zero-order valence-electron chi connectivity index (χ0n) is 15.2. The monoisotopic (exact) mass is 347 g/mol. The van der Waals surface area contributed by atoms with Crippen molar-refractivity contribution in [1.82, 2.24) is 0 Å². The number of aryl methyl sites for hydroxylation is 2. The number of aliphatic imine (C=N–C) groups is 1. The molecule has 5 aromatic rings. The van der Waals surface area contributed by atoms with Crippen molar-refractivity contribution in [2.24, 2.45) is 4.99 Å². The fourth-order valence-corrected chi connectivity index (χ4v) is 4.36. The molecule has 6 rings (SSSR count). The number of benzene rings is 4. The van der Waals surface area contributed by atoms with E-state index in [-0.39, 0.29) is 0 Å². The summed E-state index contributed by atoms with van der Waals surface area (Å²) in [6.07, 6.45) is 0. The van der Waals surface area contributed by atoms with E-state index < -0.39 is 0 Å². The highest BCUT2D eigenvalue weighted by molar-refractivity contribution is 6.30. The van der Waals surface area contributed by atoms with Gasteiger partial charge in [-0.05, 0) is 54.6 Å². The summed E-state index contributed by atoms with van der Waals surface area (Å²) in [4.78, 5) is 5.03. The maximum absolute atomic E-state index is 6.29. The second-order valence-corrected chi connectivity index (χ2v) is 7.38. The topological polar surface area (TPSA) is 25.5 Å². The molecule has 1 aromatic heterocycles. The van der Waals surface area contributed by atoms with Gasteiger partial charge in [-0.2, -0.15) is 0 Å². The number of para-hydroxylation sites is 1. The summed E-state index contributed by atoms with van der Waals surface area (Å²) in [6.45, 7) is 4.29. The number of rotatable bonds is 1. The first-order valence-corrected chi connectivity index (χ1v) is 9.24. The maximum atomic E-state index is 6.29. The van der Waals surface area contributed by atoms with Crippen molar-refractivity contribution >= 4 is 44.1 Å². The molecule has 0 radical (unpaired) electrons. The number of hydrogen-bond acceptors (Lipinski definition) is 2. The lowest BCUT2D eigenvalue weighted by atomic mass is 9.94. The van der Waals surface area contributed by atoms with Crippen molar-refractivity contribution in [3.63, 3.8) is 0 Å². The van der Waals surface area contributed by atoms with Crippen molar-refractivity contribution in [2.45, 2.75) is 13.8 Å². The number of fused-ring (bicyclic) bond motifs is 3. The number of hydrogen-bond donors (Lipinski definition) is 0. The lowest BCUT2D eigenvalue weighted by molar-refractivity contribution is 0.668. The molecule has 0 bridgehead atoms. The Morgan fingerprint density at radius 1 is 0.741 bits per heavy atom. The predicted octanol–water partition coefficient (Wildman–Crippen LogP) is 6.84. The highest BCUT2D eigenvalue weighted by Gasteiger charge is 2.24. The summed E-state index contributed by atoms with van der Waals surface area (Å²) < 4.78 is 6.29. The van der Waals surface area contributed by atoms with Crippen LogP contribution in [0.2, 0.25) is 0 Å². The van der Waals surface area contributed by atoms with Crippen LogP contribution in [0.5, 0.6) is 0 Å². The third kappa shape index (κ3) is 1.93. The molecule has 0 atom stereocenters. The third-order valence-electron chi connectivity index (χ3n) is 5.60. The number of furan rings is 1. The van der Waals surface area contributed by atoms with E-state index in [2.05, 4.69) is 68.4 Å². The van der Waals surface area contributed by atoms with E-state index in [0.717, 1.165) is 38.9 Å². The molecule has 0 amide bonds. The zero-order valence-corrected chi connectivity index (χ0v) is 15.2. The molecule has 2 heteroatoms. The molecule has 0 saturated carbocycles. The normalized spacial score (nSPS) is 13.0. The van der Waals surface area contributed by atoms with Crippen LogP contribution in [-0.2, 0) is 0 Å². The first kappa shape index (κ1) is 14.7. The van der Waals surface area contributed by atoms with E-state index in [1.54, 1.807) is 0 Å². The lowest BCUT2D eigenvalue weighted by Gasteiger charge is -2.07. The second kappa shape index (κ2) is 5.08. The van der Waals surface area contributed by atoms with Crippen LogP contribution in [0.15, 0.2) is 76.1 Å². The molecule has 0 aliphatic carbocycles. The van der Waals surface area contributed by atoms with Gasteiger partial charge in [0.2, 0.25) is 0 Å². The highest BCUT2D eigenvalue weighted by Crippen LogP contribution is 2.41. The minimum absolute atomic E-state index is 0.919. The largest absolute Gasteiger partial charge is 0.455 e. The fourth-order valence-electron chi connectivity index (χ4n) is 4.36. The molecule has 27 heavy (non-hydrogen) atoms. The Balaban J connectivity index is 1.72. The van der Waals surface area contributed by atoms with Gasteiger partial charge in [0.05, 0.1) is 11.4 Å². The molecule has 1 aliphatic heterocycles. The van der Waals surface area contributed by atoms with Crippen molar-refractivity contribution in [2.75, 3.05) is 0 Å². The maximum Gasteiger partial charge on any atom is 0.144 e. The SMILES string of the molecule is Cc1cc(C2=Nc3ccc(C)c4cccc2c34)c2oc3ccccc3c2c1. The van der Waals surface area contributed by atoms with E-state index in [9.17, 15) is 0 Å². The highest BCUT2D eigenvalue weighted by atomic mass is 16.3. The molecule has 2 nitrogen and oxygen atoms in total. The molecule has 0 saturated heterocycles. The fraction of sp³-hybridized carbons (Fsp3) is 0.0800. The van der Waals surface area contributed by atoms with Gasteiger partial charge >= 0.3 is 0 Å². The van der Waals surface area contributed by atoms with Crippen molar-refractivity contribution in [1.29, 1.82) is 0 Å². The van der Waals surface area contributed by atoms with Crippen LogP contribution in [-0.4, -0.2) is 5.71 Å². The molecule has 1 aliphatic rings. The van der Waals surface area contributed by atoms with Crippen LogP contribution in [0, 0.1) is 13.8 Å². The number of nitrogens with zero attached hydrogens (tertiary/aromatic N) is 1. The Hall–Kier alpha value is -3.39. The molecular formula is C25H17NO. The van der Waals surface area contributed by atoms with Gasteiger partial charge in [-0.25, -0.2) is 4.99 Å². The first-order valence-electron chi connectivity index (χ1n) is 9.24. The van der Waals surface area contributed by atoms with Gasteiger partial charge in [0.25, 0.3) is 0 Å². The van der Waals surface area contributed by atoms with E-state index in [1.807, 2.05) is 12.1 Å². The molecule has 0 N–H and O–H groups in total. The van der Waals surface area contributed by atoms with Gasteiger partial charge in [0.1, 0.15) is 11.2 Å². The molecule has 128 valence electrons. The Kier molecular flexibility index (Phi) is 2.77. The average molecular weight is 347 g/mol. The summed E-state index contributed by atoms with van der Waals surface area (Å²) in [5.74, 6) is 0. The Labute approximate surface area is 156 Å². The Bertz CT molecular complexity index is 1440. The van der Waals surface area contributed by atoms with Gasteiger partial charge in [-0.15, -0.1) is 0 Å². The van der Waals surface area contributed by atoms with Crippen LogP contribution in [0.3, 0.4) is 0 Å². The molecule has 0 unspecified atom stereocenters. The molecule has 0 fully saturated rings. The second-order valence-electron chi connectivity index (χ2n) is 7.38. The van der Waals surface area contributed by atoms with E-state index in [1.165, 1.54) is 27.5 Å². The molecule has 4 aromatic carbocycles. The minimum atomic E-state index is 0.919. The Morgan fingerprint density at radius 2 is 1.59 bits per heavy atom. The zero-order chi connectivity index (χ0) is 18.1. The summed E-state index contributed by atoms with van der Waals surface area (Å²) in [7, 11) is 0. The van der Waals surface area contributed by atoms with Crippen molar-refractivity contribution in [3.05, 3.63) is 89.0 Å². The van der Waals surface area contributed by atoms with E-state index >= 15 is 0 Å². The summed E-state index contributed by atoms with van der Waals surface area (Å²) in [5.41, 5.74) is 8.66. The predicted molar refractivity (Wildman–Crippen MR) is 112 cm³/mol. The minimum Gasteiger partial charge on any atom is -0.455 e. The van der Waals surface area contributed by atoms with E-state index in [4.69, 9.17) is 9.41 Å². The quantitative estimate of drug-likeness (QED) is 0.320. The van der Waals surface area contributed by atoms with Crippen LogP contribution < -0.4 is 0 Å². The van der Waals surface area contributed by atoms with Crippen LogP contribution >= 0.6 is 0 Å². The van der Waals surface area contributed by atoms with Crippen molar-refractivity contribution < 1.29 is 4.42 Å². The van der Waals surface area contributed by atoms with Crippen molar-refractivity contribution in [3.8, 4) is 0 Å². The van der Waals surface area contributed by atoms with Gasteiger partial charge in [0, 0.05) is 27.3 Å². The smallest absolute Gasteiger partial charge is 0.144 e. The lowest BCUT2D eigenvalue weighted by Crippen LogP contribution is -2.01. The van der Waals surface area contributed by atoms with Crippen LogP contribution in [0.1, 0.15) is 22.3 Å². The van der Waals surface area contributed by atoms with Gasteiger partial charge < -0.3 is 4.42 Å². The standard InChI is InChI=1S/C25H17NO/c1-14-12-19-17-6-3-4-9-22(17)27-25(19)20(13-14)24-18-8-5-7-16-15(2)10-11-21(26-24)23(16)18/h3-13H,1-2H3. The molecule has 0 spiro atoms. The summed E-state index contributed by atoms with van der Waals surface area (Å²) in [5, 5.41) is 4.83. The van der Waals surface area contributed by atoms with Crippen LogP contribution in [0.4, 0.5) is 5.69 Å². The first-order chi connectivity index (χ1) is 13.2. The molecule has 2 heterocycles. The van der Waals surface area contributed by atoms with E-state index in [0.29, 0.717) is 0 Å². The summed E-state index contributed by atoms with van der Waals surface area (Å²) in [6, 6.07) is 23.4. The van der Waals surface area contributed by atoms with Crippen LogP contribution in [0.25, 0.3) is 32.7 Å². The van der Waals surface area contributed by atoms with Gasteiger partial charge in [0.15, 0.2) is 0 Å². The summed E-state index contributed by atoms with van der Waals surface area (Å²) >= 11 is 0. The Morgan fingerprint density at radius 3 is 2.52 bits per heavy atom. The van der Waals surface area contributed by atoms with Gasteiger partial charge in [-0.1, -0.05) is 42.5 Å². The third-order valence-corrected chi connectivity index (χ3v) is 5.60.